The number of imide groups is 1. The first-order valence-electron chi connectivity index (χ1n) is 10.8. The number of rotatable bonds is 9. The van der Waals surface area contributed by atoms with Crippen molar-refractivity contribution in [3.05, 3.63) is 58.4 Å². The lowest BCUT2D eigenvalue weighted by Crippen LogP contribution is -2.31. The Bertz CT molecular complexity index is 1080. The summed E-state index contributed by atoms with van der Waals surface area (Å²) in [4.78, 5) is 63.4. The van der Waals surface area contributed by atoms with E-state index in [1.54, 1.807) is 38.1 Å². The van der Waals surface area contributed by atoms with Crippen LogP contribution in [0.3, 0.4) is 0 Å². The molecule has 0 spiro atoms. The summed E-state index contributed by atoms with van der Waals surface area (Å²) in [5, 5.41) is 0. The molecule has 0 saturated carbocycles. The van der Waals surface area contributed by atoms with Crippen molar-refractivity contribution >= 4 is 29.7 Å². The van der Waals surface area contributed by atoms with Gasteiger partial charge >= 0.3 is 11.9 Å². The molecule has 3 rings (SSSR count). The van der Waals surface area contributed by atoms with Gasteiger partial charge in [0.25, 0.3) is 11.8 Å². The molecule has 0 unspecified atom stereocenters. The van der Waals surface area contributed by atoms with E-state index in [-0.39, 0.29) is 44.9 Å². The van der Waals surface area contributed by atoms with Crippen LogP contribution in [0, 0.1) is 0 Å². The topological polar surface area (TPSA) is 112 Å². The van der Waals surface area contributed by atoms with E-state index >= 15 is 0 Å². The molecular weight excluding hydrogens is 428 g/mol. The number of fused-ring (bicyclic) bond motifs is 1. The Balaban J connectivity index is 2.00. The molecule has 33 heavy (non-hydrogen) atoms. The third-order valence-electron chi connectivity index (χ3n) is 5.36. The maximum atomic E-state index is 12.9. The van der Waals surface area contributed by atoms with Crippen LogP contribution >= 0.6 is 0 Å². The number of benzene rings is 1. The lowest BCUT2D eigenvalue weighted by molar-refractivity contribution is -0.143. The van der Waals surface area contributed by atoms with Gasteiger partial charge < -0.3 is 9.47 Å². The number of carbonyl (C=O) groups excluding carboxylic acids is 5. The van der Waals surface area contributed by atoms with Crippen LogP contribution in [-0.4, -0.2) is 52.3 Å². The SMILES string of the molecule is CCOC(=O)CCc1c(CC(=O)OCC)cn(C(C)=O)c1CN1C(=O)c2ccccc2C1=O. The molecule has 1 aromatic heterocycles. The number of ether oxygens (including phenoxy) is 2. The molecule has 1 aliphatic heterocycles. The molecule has 0 fully saturated rings. The van der Waals surface area contributed by atoms with Gasteiger partial charge in [-0.25, -0.2) is 0 Å². The fourth-order valence-corrected chi connectivity index (χ4v) is 3.91. The van der Waals surface area contributed by atoms with E-state index in [2.05, 4.69) is 0 Å². The van der Waals surface area contributed by atoms with Crippen LogP contribution in [-0.2, 0) is 38.4 Å². The molecule has 1 aliphatic rings. The van der Waals surface area contributed by atoms with E-state index in [0.29, 0.717) is 27.9 Å². The number of hydrogen-bond acceptors (Lipinski definition) is 7. The van der Waals surface area contributed by atoms with E-state index in [1.165, 1.54) is 17.7 Å². The molecule has 0 bridgehead atoms. The highest BCUT2D eigenvalue weighted by atomic mass is 16.5. The lowest BCUT2D eigenvalue weighted by Gasteiger charge is -2.17. The quantitative estimate of drug-likeness (QED) is 0.423. The number of aromatic nitrogens is 1. The van der Waals surface area contributed by atoms with Gasteiger partial charge in [-0.3, -0.25) is 33.4 Å². The Morgan fingerprint density at radius 3 is 2.03 bits per heavy atom. The van der Waals surface area contributed by atoms with Gasteiger partial charge in [-0.1, -0.05) is 12.1 Å². The molecule has 0 radical (unpaired) electrons. The summed E-state index contributed by atoms with van der Waals surface area (Å²) >= 11 is 0. The van der Waals surface area contributed by atoms with Gasteiger partial charge in [0.15, 0.2) is 0 Å². The van der Waals surface area contributed by atoms with E-state index in [0.717, 1.165) is 4.90 Å². The third kappa shape index (κ3) is 5.02. The van der Waals surface area contributed by atoms with Gasteiger partial charge in [0.05, 0.1) is 37.3 Å². The summed E-state index contributed by atoms with van der Waals surface area (Å²) in [5.41, 5.74) is 2.01. The number of hydrogen-bond donors (Lipinski definition) is 0. The minimum atomic E-state index is -0.483. The zero-order valence-corrected chi connectivity index (χ0v) is 18.9. The molecule has 174 valence electrons. The van der Waals surface area contributed by atoms with Crippen molar-refractivity contribution in [2.45, 2.75) is 46.6 Å². The number of amides is 2. The van der Waals surface area contributed by atoms with Crippen molar-refractivity contribution < 1.29 is 33.4 Å². The minimum absolute atomic E-state index is 0.0146. The maximum absolute atomic E-state index is 12.9. The fraction of sp³-hybridized carbons (Fsp3) is 0.375. The van der Waals surface area contributed by atoms with Gasteiger partial charge in [-0.05, 0) is 43.5 Å². The summed E-state index contributed by atoms with van der Waals surface area (Å²) in [7, 11) is 0. The van der Waals surface area contributed by atoms with E-state index < -0.39 is 23.8 Å². The molecule has 0 atom stereocenters. The summed E-state index contributed by atoms with van der Waals surface area (Å²) in [6.45, 7) is 4.98. The Labute approximate surface area is 191 Å². The molecule has 2 amide bonds. The number of esters is 2. The van der Waals surface area contributed by atoms with Crippen molar-refractivity contribution in [3.63, 3.8) is 0 Å². The first-order valence-corrected chi connectivity index (χ1v) is 10.8. The summed E-state index contributed by atoms with van der Waals surface area (Å²) in [6.07, 6.45) is 1.59. The van der Waals surface area contributed by atoms with Crippen LogP contribution < -0.4 is 0 Å². The summed E-state index contributed by atoms with van der Waals surface area (Å²) < 4.78 is 11.4. The van der Waals surface area contributed by atoms with Crippen molar-refractivity contribution in [3.8, 4) is 0 Å². The molecular formula is C24H26N2O7. The Hall–Kier alpha value is -3.75. The molecule has 9 heteroatoms. The van der Waals surface area contributed by atoms with Crippen LogP contribution in [0.25, 0.3) is 0 Å². The van der Waals surface area contributed by atoms with Gasteiger partial charge in [0, 0.05) is 25.2 Å². The van der Waals surface area contributed by atoms with Gasteiger partial charge in [-0.15, -0.1) is 0 Å². The van der Waals surface area contributed by atoms with Gasteiger partial charge in [0.1, 0.15) is 0 Å². The Morgan fingerprint density at radius 1 is 0.909 bits per heavy atom. The average molecular weight is 454 g/mol. The van der Waals surface area contributed by atoms with Crippen molar-refractivity contribution in [2.24, 2.45) is 0 Å². The van der Waals surface area contributed by atoms with Crippen molar-refractivity contribution in [2.75, 3.05) is 13.2 Å². The smallest absolute Gasteiger partial charge is 0.310 e. The monoisotopic (exact) mass is 454 g/mol. The molecule has 0 aliphatic carbocycles. The largest absolute Gasteiger partial charge is 0.466 e. The molecule has 0 N–H and O–H groups in total. The Morgan fingerprint density at radius 2 is 1.48 bits per heavy atom. The molecule has 1 aromatic carbocycles. The Kier molecular flexibility index (Phi) is 7.42. The first-order chi connectivity index (χ1) is 15.8. The number of nitrogens with zero attached hydrogens (tertiary/aromatic N) is 2. The predicted octanol–water partition coefficient (Wildman–Crippen LogP) is 2.55. The van der Waals surface area contributed by atoms with Crippen LogP contribution in [0.5, 0.6) is 0 Å². The van der Waals surface area contributed by atoms with Crippen LogP contribution in [0.1, 0.15) is 69.5 Å². The van der Waals surface area contributed by atoms with Gasteiger partial charge in [0.2, 0.25) is 5.91 Å². The molecule has 9 nitrogen and oxygen atoms in total. The second kappa shape index (κ2) is 10.2. The molecule has 2 aromatic rings. The highest BCUT2D eigenvalue weighted by molar-refractivity contribution is 6.21. The number of carbonyl (C=O) groups is 5. The second-order valence-electron chi connectivity index (χ2n) is 7.50. The second-order valence-corrected chi connectivity index (χ2v) is 7.50. The van der Waals surface area contributed by atoms with E-state index in [9.17, 15) is 24.0 Å². The van der Waals surface area contributed by atoms with Gasteiger partial charge in [-0.2, -0.15) is 0 Å². The van der Waals surface area contributed by atoms with Crippen LogP contribution in [0.2, 0.25) is 0 Å². The third-order valence-corrected chi connectivity index (χ3v) is 5.36. The average Bonchev–Trinajstić information content (AvgIpc) is 3.23. The highest BCUT2D eigenvalue weighted by Gasteiger charge is 2.36. The molecule has 2 heterocycles. The van der Waals surface area contributed by atoms with E-state index in [1.807, 2.05) is 0 Å². The zero-order chi connectivity index (χ0) is 24.1. The molecule has 0 saturated heterocycles. The van der Waals surface area contributed by atoms with Crippen molar-refractivity contribution in [1.29, 1.82) is 0 Å². The minimum Gasteiger partial charge on any atom is -0.466 e. The van der Waals surface area contributed by atoms with Crippen LogP contribution in [0.15, 0.2) is 30.5 Å². The zero-order valence-electron chi connectivity index (χ0n) is 18.9. The summed E-state index contributed by atoms with van der Waals surface area (Å²) in [6, 6.07) is 6.50. The van der Waals surface area contributed by atoms with E-state index in [4.69, 9.17) is 9.47 Å². The lowest BCUT2D eigenvalue weighted by atomic mass is 10.0. The van der Waals surface area contributed by atoms with Crippen molar-refractivity contribution in [1.82, 2.24) is 9.47 Å². The standard InChI is InChI=1S/C24H26N2O7/c1-4-32-21(28)11-10-17-16(12-22(29)33-5-2)13-25(15(3)27)20(17)14-26-23(30)18-8-6-7-9-19(18)24(26)31/h6-9,13H,4-5,10-12,14H2,1-3H3. The summed E-state index contributed by atoms with van der Waals surface area (Å²) in [5.74, 6) is -2.19. The normalized spacial score (nSPS) is 12.6. The maximum Gasteiger partial charge on any atom is 0.310 e. The highest BCUT2D eigenvalue weighted by Crippen LogP contribution is 2.28. The van der Waals surface area contributed by atoms with Crippen LogP contribution in [0.4, 0.5) is 0 Å². The first kappa shape index (κ1) is 23.9. The predicted molar refractivity (Wildman–Crippen MR) is 117 cm³/mol. The fourth-order valence-electron chi connectivity index (χ4n) is 3.91.